The molecule has 1 aliphatic heterocycles. The molecule has 1 saturated heterocycles. The Labute approximate surface area is 122 Å². The molecule has 1 aromatic heterocycles. The average Bonchev–Trinajstić information content (AvgIpc) is 2.40. The predicted octanol–water partition coefficient (Wildman–Crippen LogP) is 1.70. The van der Waals surface area contributed by atoms with Crippen molar-refractivity contribution in [3.63, 3.8) is 0 Å². The zero-order valence-electron chi connectivity index (χ0n) is 10.7. The Kier molecular flexibility index (Phi) is 4.71. The number of carbonyl (C=O) groups excluding carboxylic acids is 2. The molecular formula is C12H12F3N3O2S. The lowest BCUT2D eigenvalue weighted by atomic mass is 10.1. The first-order valence-electron chi connectivity index (χ1n) is 6.16. The Balaban J connectivity index is 2.13. The average molecular weight is 319 g/mol. The third-order valence-electron chi connectivity index (χ3n) is 2.82. The van der Waals surface area contributed by atoms with E-state index in [-0.39, 0.29) is 11.5 Å². The molecule has 1 atom stereocenters. The molecule has 1 aliphatic rings. The molecule has 21 heavy (non-hydrogen) atoms. The van der Waals surface area contributed by atoms with Crippen LogP contribution in [0.2, 0.25) is 0 Å². The highest BCUT2D eigenvalue weighted by molar-refractivity contribution is 8.00. The van der Waals surface area contributed by atoms with Crippen molar-refractivity contribution >= 4 is 23.6 Å². The zero-order chi connectivity index (χ0) is 15.5. The normalized spacial score (nSPS) is 19.0. The number of alkyl halides is 3. The summed E-state index contributed by atoms with van der Waals surface area (Å²) < 4.78 is 37.3. The van der Waals surface area contributed by atoms with Gasteiger partial charge in [0.2, 0.25) is 5.91 Å². The van der Waals surface area contributed by atoms with Gasteiger partial charge < -0.3 is 10.6 Å². The van der Waals surface area contributed by atoms with Crippen LogP contribution in [0.3, 0.4) is 0 Å². The molecule has 1 aromatic rings. The van der Waals surface area contributed by atoms with Gasteiger partial charge in [-0.3, -0.25) is 9.59 Å². The number of thioether (sulfide) groups is 1. The van der Waals surface area contributed by atoms with Crippen LogP contribution in [0.5, 0.6) is 0 Å². The van der Waals surface area contributed by atoms with E-state index >= 15 is 0 Å². The molecule has 1 fully saturated rings. The number of carbonyl (C=O) groups is 2. The van der Waals surface area contributed by atoms with Crippen molar-refractivity contribution in [1.82, 2.24) is 15.6 Å². The summed E-state index contributed by atoms with van der Waals surface area (Å²) in [6.07, 6.45) is 2.34. The molecule has 0 aliphatic carbocycles. The highest BCUT2D eigenvalue weighted by atomic mass is 32.2. The van der Waals surface area contributed by atoms with Crippen molar-refractivity contribution in [2.24, 2.45) is 0 Å². The summed E-state index contributed by atoms with van der Waals surface area (Å²) in [6, 6.07) is 1.89. The van der Waals surface area contributed by atoms with Crippen LogP contribution in [0.4, 0.5) is 13.2 Å². The van der Waals surface area contributed by atoms with Crippen LogP contribution in [-0.4, -0.2) is 34.9 Å². The van der Waals surface area contributed by atoms with Gasteiger partial charge in [-0.15, -0.1) is 0 Å². The number of hydrogen-bond acceptors (Lipinski definition) is 4. The van der Waals surface area contributed by atoms with E-state index < -0.39 is 34.2 Å². The van der Waals surface area contributed by atoms with Crippen molar-refractivity contribution in [3.8, 4) is 0 Å². The Morgan fingerprint density at radius 2 is 2.24 bits per heavy atom. The van der Waals surface area contributed by atoms with Gasteiger partial charge in [0, 0.05) is 24.5 Å². The maximum atomic E-state index is 12.4. The van der Waals surface area contributed by atoms with E-state index in [9.17, 15) is 22.8 Å². The van der Waals surface area contributed by atoms with Crippen LogP contribution in [0.1, 0.15) is 23.2 Å². The number of hydrogen-bond donors (Lipinski definition) is 2. The number of aromatic nitrogens is 1. The number of nitrogens with zero attached hydrogens (tertiary/aromatic N) is 1. The summed E-state index contributed by atoms with van der Waals surface area (Å²) in [4.78, 5) is 27.2. The maximum Gasteiger partial charge on any atom is 0.447 e. The highest BCUT2D eigenvalue weighted by Crippen LogP contribution is 2.37. The molecule has 114 valence electrons. The summed E-state index contributed by atoms with van der Waals surface area (Å²) in [5, 5.41) is 4.59. The van der Waals surface area contributed by atoms with Gasteiger partial charge in [-0.1, -0.05) is 0 Å². The second-order valence-corrected chi connectivity index (χ2v) is 5.42. The molecule has 0 bridgehead atoms. The fourth-order valence-electron chi connectivity index (χ4n) is 1.90. The van der Waals surface area contributed by atoms with E-state index in [1.807, 2.05) is 0 Å². The van der Waals surface area contributed by atoms with Crippen molar-refractivity contribution in [3.05, 3.63) is 23.9 Å². The second-order valence-electron chi connectivity index (χ2n) is 4.36. The summed E-state index contributed by atoms with van der Waals surface area (Å²) in [6.45, 7) is 0.535. The lowest BCUT2D eigenvalue weighted by Gasteiger charge is -2.23. The SMILES string of the molecule is O=C(N[C@@H]1CCCNC1=O)c1cccnc1SC(F)(F)F. The molecule has 5 nitrogen and oxygen atoms in total. The van der Waals surface area contributed by atoms with Gasteiger partial charge in [-0.05, 0) is 25.0 Å². The lowest BCUT2D eigenvalue weighted by molar-refractivity contribution is -0.124. The third-order valence-corrected chi connectivity index (χ3v) is 3.57. The van der Waals surface area contributed by atoms with E-state index in [2.05, 4.69) is 15.6 Å². The van der Waals surface area contributed by atoms with Crippen molar-refractivity contribution in [2.75, 3.05) is 6.54 Å². The highest BCUT2D eigenvalue weighted by Gasteiger charge is 2.33. The lowest BCUT2D eigenvalue weighted by Crippen LogP contribution is -2.50. The maximum absolute atomic E-state index is 12.4. The molecule has 2 rings (SSSR count). The van der Waals surface area contributed by atoms with Crippen LogP contribution < -0.4 is 10.6 Å². The minimum Gasteiger partial charge on any atom is -0.354 e. The molecule has 0 saturated carbocycles. The molecular weight excluding hydrogens is 307 g/mol. The Bertz CT molecular complexity index is 551. The first kappa shape index (κ1) is 15.6. The van der Waals surface area contributed by atoms with Crippen molar-refractivity contribution in [2.45, 2.75) is 29.4 Å². The van der Waals surface area contributed by atoms with Gasteiger partial charge in [0.1, 0.15) is 11.1 Å². The first-order chi connectivity index (χ1) is 9.87. The number of amides is 2. The van der Waals surface area contributed by atoms with Gasteiger partial charge in [0.25, 0.3) is 5.91 Å². The van der Waals surface area contributed by atoms with E-state index in [1.165, 1.54) is 18.3 Å². The van der Waals surface area contributed by atoms with E-state index in [0.717, 1.165) is 0 Å². The summed E-state index contributed by atoms with van der Waals surface area (Å²) in [5.41, 5.74) is -4.73. The van der Waals surface area contributed by atoms with E-state index in [1.54, 1.807) is 0 Å². The van der Waals surface area contributed by atoms with E-state index in [0.29, 0.717) is 19.4 Å². The number of piperidine rings is 1. The summed E-state index contributed by atoms with van der Waals surface area (Å²) in [7, 11) is 0. The fraction of sp³-hybridized carbons (Fsp3) is 0.417. The smallest absolute Gasteiger partial charge is 0.354 e. The Morgan fingerprint density at radius 1 is 1.48 bits per heavy atom. The molecule has 0 unspecified atom stereocenters. The monoisotopic (exact) mass is 319 g/mol. The summed E-state index contributed by atoms with van der Waals surface area (Å²) in [5.74, 6) is -1.07. The Morgan fingerprint density at radius 3 is 2.90 bits per heavy atom. The molecule has 9 heteroatoms. The van der Waals surface area contributed by atoms with Crippen molar-refractivity contribution < 1.29 is 22.8 Å². The third kappa shape index (κ3) is 4.35. The van der Waals surface area contributed by atoms with Gasteiger partial charge in [0.15, 0.2) is 0 Å². The van der Waals surface area contributed by atoms with Crippen LogP contribution in [0.25, 0.3) is 0 Å². The first-order valence-corrected chi connectivity index (χ1v) is 6.98. The minimum atomic E-state index is -4.54. The number of pyridine rings is 1. The van der Waals surface area contributed by atoms with Gasteiger partial charge in [-0.2, -0.15) is 13.2 Å². The molecule has 2 N–H and O–H groups in total. The second kappa shape index (κ2) is 6.33. The van der Waals surface area contributed by atoms with Crippen LogP contribution in [-0.2, 0) is 4.79 Å². The number of nitrogens with one attached hydrogen (secondary N) is 2. The van der Waals surface area contributed by atoms with Gasteiger partial charge in [-0.25, -0.2) is 4.98 Å². The number of rotatable bonds is 3. The van der Waals surface area contributed by atoms with Crippen LogP contribution in [0, 0.1) is 0 Å². The predicted molar refractivity (Wildman–Crippen MR) is 69.6 cm³/mol. The molecule has 0 radical (unpaired) electrons. The Hall–Kier alpha value is -1.77. The van der Waals surface area contributed by atoms with Gasteiger partial charge >= 0.3 is 5.51 Å². The van der Waals surface area contributed by atoms with E-state index in [4.69, 9.17) is 0 Å². The van der Waals surface area contributed by atoms with Crippen LogP contribution >= 0.6 is 11.8 Å². The number of halogens is 3. The minimum absolute atomic E-state index is 0.196. The fourth-order valence-corrected chi connectivity index (χ4v) is 2.50. The standard InChI is InChI=1S/C12H12F3N3O2S/c13-12(14,15)21-11-7(3-1-6-17-11)9(19)18-8-4-2-5-16-10(8)20/h1,3,6,8H,2,4-5H2,(H,16,20)(H,18,19)/t8-/m1/s1. The quantitative estimate of drug-likeness (QED) is 0.832. The van der Waals surface area contributed by atoms with Crippen LogP contribution in [0.15, 0.2) is 23.4 Å². The largest absolute Gasteiger partial charge is 0.447 e. The molecule has 0 aromatic carbocycles. The topological polar surface area (TPSA) is 71.1 Å². The summed E-state index contributed by atoms with van der Waals surface area (Å²) >= 11 is -0.454. The molecule has 2 heterocycles. The molecule has 0 spiro atoms. The molecule has 2 amide bonds. The van der Waals surface area contributed by atoms with Gasteiger partial charge in [0.05, 0.1) is 5.56 Å². The van der Waals surface area contributed by atoms with Crippen molar-refractivity contribution in [1.29, 1.82) is 0 Å². The zero-order valence-corrected chi connectivity index (χ0v) is 11.6.